The molecule has 0 aliphatic carbocycles. The highest BCUT2D eigenvalue weighted by Gasteiger charge is 2.08. The third-order valence-corrected chi connectivity index (χ3v) is 3.92. The molecule has 0 aliphatic rings. The Kier molecular flexibility index (Phi) is 3.47. The summed E-state index contributed by atoms with van der Waals surface area (Å²) >= 11 is 3.04. The molecule has 5 nitrogen and oxygen atoms in total. The standard InChI is InChI=1S/C15H12BrN3O2/c1-9-6-7-10(12-5-3-2-4-11(9)12)8-19-15(21)17-14(20)13(16)18-19/h2-7H,8H2,1H3,(H,17,20,21). The fourth-order valence-corrected chi connectivity index (χ4v) is 2.62. The van der Waals surface area contributed by atoms with E-state index in [9.17, 15) is 9.59 Å². The molecular weight excluding hydrogens is 334 g/mol. The molecule has 0 bridgehead atoms. The molecular formula is C15H12BrN3O2. The largest absolute Gasteiger partial charge is 0.345 e. The van der Waals surface area contributed by atoms with Crippen molar-refractivity contribution in [3.05, 3.63) is 73.0 Å². The Bertz CT molecular complexity index is 944. The lowest BCUT2D eigenvalue weighted by molar-refractivity contribution is 0.601. The summed E-state index contributed by atoms with van der Waals surface area (Å²) in [5, 5.41) is 6.20. The summed E-state index contributed by atoms with van der Waals surface area (Å²) in [5.41, 5.74) is 1.11. The maximum Gasteiger partial charge on any atom is 0.345 e. The molecule has 0 saturated carbocycles. The van der Waals surface area contributed by atoms with Gasteiger partial charge in [-0.2, -0.15) is 5.10 Å². The van der Waals surface area contributed by atoms with Gasteiger partial charge in [0.15, 0.2) is 4.60 Å². The van der Waals surface area contributed by atoms with Crippen molar-refractivity contribution < 1.29 is 0 Å². The zero-order valence-electron chi connectivity index (χ0n) is 11.3. The van der Waals surface area contributed by atoms with Gasteiger partial charge < -0.3 is 0 Å². The van der Waals surface area contributed by atoms with Crippen LogP contribution in [0.4, 0.5) is 0 Å². The molecule has 21 heavy (non-hydrogen) atoms. The van der Waals surface area contributed by atoms with Crippen molar-refractivity contribution in [2.45, 2.75) is 13.5 Å². The van der Waals surface area contributed by atoms with Gasteiger partial charge in [-0.3, -0.25) is 9.78 Å². The zero-order valence-corrected chi connectivity index (χ0v) is 12.8. The first-order valence-electron chi connectivity index (χ1n) is 6.40. The van der Waals surface area contributed by atoms with Gasteiger partial charge in [0, 0.05) is 0 Å². The predicted octanol–water partition coefficient (Wildman–Crippen LogP) is 2.20. The molecule has 0 saturated heterocycles. The van der Waals surface area contributed by atoms with E-state index in [1.807, 2.05) is 43.3 Å². The highest BCUT2D eigenvalue weighted by atomic mass is 79.9. The second kappa shape index (κ2) is 5.29. The number of aromatic nitrogens is 3. The van der Waals surface area contributed by atoms with Crippen LogP contribution in [0.5, 0.6) is 0 Å². The molecule has 0 amide bonds. The zero-order chi connectivity index (χ0) is 15.0. The molecule has 1 heterocycles. The summed E-state index contributed by atoms with van der Waals surface area (Å²) in [6.45, 7) is 2.35. The lowest BCUT2D eigenvalue weighted by Crippen LogP contribution is -2.33. The van der Waals surface area contributed by atoms with Gasteiger partial charge in [-0.15, -0.1) is 0 Å². The first-order chi connectivity index (χ1) is 10.1. The van der Waals surface area contributed by atoms with E-state index in [1.54, 1.807) is 0 Å². The number of nitrogens with zero attached hydrogens (tertiary/aromatic N) is 2. The first-order valence-corrected chi connectivity index (χ1v) is 7.20. The summed E-state index contributed by atoms with van der Waals surface area (Å²) in [5.74, 6) is 0. The maximum absolute atomic E-state index is 11.8. The van der Waals surface area contributed by atoms with Gasteiger partial charge >= 0.3 is 5.69 Å². The fraction of sp³-hybridized carbons (Fsp3) is 0.133. The Balaban J connectivity index is 2.15. The highest BCUT2D eigenvalue weighted by molar-refractivity contribution is 9.10. The Morgan fingerprint density at radius 1 is 1.14 bits per heavy atom. The van der Waals surface area contributed by atoms with Gasteiger partial charge in [0.1, 0.15) is 0 Å². The van der Waals surface area contributed by atoms with E-state index >= 15 is 0 Å². The summed E-state index contributed by atoms with van der Waals surface area (Å²) in [6.07, 6.45) is 0. The number of rotatable bonds is 2. The number of fused-ring (bicyclic) bond motifs is 1. The minimum Gasteiger partial charge on any atom is -0.270 e. The molecule has 0 radical (unpaired) electrons. The van der Waals surface area contributed by atoms with E-state index in [0.29, 0.717) is 6.54 Å². The molecule has 3 rings (SSSR count). The molecule has 0 unspecified atom stereocenters. The van der Waals surface area contributed by atoms with Crippen molar-refractivity contribution >= 4 is 26.7 Å². The Morgan fingerprint density at radius 2 is 1.86 bits per heavy atom. The summed E-state index contributed by atoms with van der Waals surface area (Å²) in [6, 6.07) is 12.0. The van der Waals surface area contributed by atoms with Crippen molar-refractivity contribution in [2.75, 3.05) is 0 Å². The van der Waals surface area contributed by atoms with Crippen molar-refractivity contribution in [1.29, 1.82) is 0 Å². The van der Waals surface area contributed by atoms with E-state index in [1.165, 1.54) is 10.2 Å². The molecule has 3 aromatic rings. The van der Waals surface area contributed by atoms with Crippen LogP contribution in [0.1, 0.15) is 11.1 Å². The van der Waals surface area contributed by atoms with E-state index in [2.05, 4.69) is 26.0 Å². The van der Waals surface area contributed by atoms with E-state index < -0.39 is 11.2 Å². The van der Waals surface area contributed by atoms with E-state index in [4.69, 9.17) is 0 Å². The number of H-pyrrole nitrogens is 1. The minimum atomic E-state index is -0.523. The molecule has 0 fully saturated rings. The Hall–Kier alpha value is -2.21. The average Bonchev–Trinajstić information content (AvgIpc) is 2.48. The van der Waals surface area contributed by atoms with Gasteiger partial charge in [0.25, 0.3) is 5.56 Å². The van der Waals surface area contributed by atoms with Gasteiger partial charge in [0.2, 0.25) is 0 Å². The number of aromatic amines is 1. The topological polar surface area (TPSA) is 67.8 Å². The number of halogens is 1. The summed E-state index contributed by atoms with van der Waals surface area (Å²) in [4.78, 5) is 25.4. The van der Waals surface area contributed by atoms with Crippen LogP contribution in [0, 0.1) is 6.92 Å². The van der Waals surface area contributed by atoms with Gasteiger partial charge in [0.05, 0.1) is 6.54 Å². The van der Waals surface area contributed by atoms with Gasteiger partial charge in [-0.05, 0) is 44.8 Å². The van der Waals surface area contributed by atoms with Crippen LogP contribution in [-0.2, 0) is 6.54 Å². The molecule has 0 aliphatic heterocycles. The van der Waals surface area contributed by atoms with E-state index in [-0.39, 0.29) is 4.60 Å². The number of hydrogen-bond donors (Lipinski definition) is 1. The van der Waals surface area contributed by atoms with Crippen LogP contribution >= 0.6 is 15.9 Å². The van der Waals surface area contributed by atoms with Crippen LogP contribution in [0.2, 0.25) is 0 Å². The number of nitrogens with one attached hydrogen (secondary N) is 1. The van der Waals surface area contributed by atoms with Crippen LogP contribution in [-0.4, -0.2) is 14.8 Å². The van der Waals surface area contributed by atoms with Gasteiger partial charge in [-0.25, -0.2) is 9.48 Å². The molecule has 2 aromatic carbocycles. The van der Waals surface area contributed by atoms with Crippen molar-refractivity contribution in [3.8, 4) is 0 Å². The highest BCUT2D eigenvalue weighted by Crippen LogP contribution is 2.22. The Labute approximate surface area is 128 Å². The molecule has 6 heteroatoms. The third kappa shape index (κ3) is 2.54. The third-order valence-electron chi connectivity index (χ3n) is 3.40. The smallest absolute Gasteiger partial charge is 0.270 e. The van der Waals surface area contributed by atoms with Gasteiger partial charge in [-0.1, -0.05) is 36.4 Å². The fourth-order valence-electron chi connectivity index (χ4n) is 2.33. The Morgan fingerprint density at radius 3 is 2.62 bits per heavy atom. The molecule has 0 spiro atoms. The molecule has 106 valence electrons. The van der Waals surface area contributed by atoms with Crippen LogP contribution < -0.4 is 11.2 Å². The quantitative estimate of drug-likeness (QED) is 0.774. The molecule has 0 atom stereocenters. The first kappa shape index (κ1) is 13.8. The van der Waals surface area contributed by atoms with Crippen LogP contribution in [0.3, 0.4) is 0 Å². The SMILES string of the molecule is Cc1ccc(Cn2nc(Br)c(=O)[nH]c2=O)c2ccccc12. The second-order valence-corrected chi connectivity index (χ2v) is 5.55. The van der Waals surface area contributed by atoms with Crippen molar-refractivity contribution in [1.82, 2.24) is 14.8 Å². The lowest BCUT2D eigenvalue weighted by atomic mass is 10.0. The summed E-state index contributed by atoms with van der Waals surface area (Å²) in [7, 11) is 0. The van der Waals surface area contributed by atoms with Crippen molar-refractivity contribution in [3.63, 3.8) is 0 Å². The van der Waals surface area contributed by atoms with Crippen LogP contribution in [0.25, 0.3) is 10.8 Å². The summed E-state index contributed by atoms with van der Waals surface area (Å²) < 4.78 is 1.33. The normalized spacial score (nSPS) is 11.0. The number of benzene rings is 2. The lowest BCUT2D eigenvalue weighted by Gasteiger charge is -2.10. The average molecular weight is 346 g/mol. The maximum atomic E-state index is 11.8. The van der Waals surface area contributed by atoms with Crippen molar-refractivity contribution in [2.24, 2.45) is 0 Å². The monoisotopic (exact) mass is 345 g/mol. The minimum absolute atomic E-state index is 0.0958. The predicted molar refractivity (Wildman–Crippen MR) is 84.6 cm³/mol. The second-order valence-electron chi connectivity index (χ2n) is 4.79. The number of aryl methyl sites for hydroxylation is 1. The van der Waals surface area contributed by atoms with Crippen LogP contribution in [0.15, 0.2) is 50.6 Å². The number of hydrogen-bond acceptors (Lipinski definition) is 3. The molecule has 1 N–H and O–H groups in total. The molecule has 1 aromatic heterocycles. The van der Waals surface area contributed by atoms with E-state index in [0.717, 1.165) is 16.3 Å².